The van der Waals surface area contributed by atoms with E-state index in [9.17, 15) is 8.78 Å². The molecular weight excluding hydrogens is 288 g/mol. The molecule has 4 nitrogen and oxygen atoms in total. The Kier molecular flexibility index (Phi) is 3.82. The summed E-state index contributed by atoms with van der Waals surface area (Å²) in [5.41, 5.74) is 2.67. The highest BCUT2D eigenvalue weighted by Crippen LogP contribution is 2.24. The van der Waals surface area contributed by atoms with Crippen LogP contribution in [0.1, 0.15) is 5.56 Å². The molecule has 6 heteroatoms. The van der Waals surface area contributed by atoms with Crippen LogP contribution >= 0.6 is 0 Å². The Morgan fingerprint density at radius 3 is 2.41 bits per heavy atom. The first-order valence-corrected chi connectivity index (χ1v) is 6.70. The molecule has 112 valence electrons. The summed E-state index contributed by atoms with van der Waals surface area (Å²) >= 11 is 0. The van der Waals surface area contributed by atoms with E-state index < -0.39 is 17.4 Å². The van der Waals surface area contributed by atoms with Gasteiger partial charge in [0.05, 0.1) is 18.0 Å². The topological polar surface area (TPSA) is 57.0 Å². The van der Waals surface area contributed by atoms with Gasteiger partial charge in [-0.05, 0) is 0 Å². The van der Waals surface area contributed by atoms with E-state index in [-0.39, 0.29) is 12.2 Å². The van der Waals surface area contributed by atoms with Gasteiger partial charge >= 0.3 is 0 Å². The van der Waals surface area contributed by atoms with Crippen LogP contribution in [0.3, 0.4) is 0 Å². The average Bonchev–Trinajstić information content (AvgIpc) is 3.00. The maximum atomic E-state index is 13.3. The predicted molar refractivity (Wildman–Crippen MR) is 81.8 cm³/mol. The molecule has 1 heterocycles. The third-order valence-electron chi connectivity index (χ3n) is 3.29. The zero-order chi connectivity index (χ0) is 15.5. The van der Waals surface area contributed by atoms with Gasteiger partial charge in [-0.25, -0.2) is 8.78 Å². The van der Waals surface area contributed by atoms with E-state index in [4.69, 9.17) is 5.11 Å². The van der Waals surface area contributed by atoms with Crippen molar-refractivity contribution < 1.29 is 13.9 Å². The van der Waals surface area contributed by atoms with E-state index in [2.05, 4.69) is 15.3 Å². The number of aliphatic imine (C=N–C) groups is 2. The van der Waals surface area contributed by atoms with E-state index in [1.54, 1.807) is 0 Å². The summed E-state index contributed by atoms with van der Waals surface area (Å²) in [6.45, 7) is 0.636. The summed E-state index contributed by atoms with van der Waals surface area (Å²) < 4.78 is 26.6. The van der Waals surface area contributed by atoms with Crippen molar-refractivity contribution in [2.45, 2.75) is 0 Å². The van der Waals surface area contributed by atoms with E-state index in [1.807, 2.05) is 30.3 Å². The first-order chi connectivity index (χ1) is 10.6. The molecule has 0 atom stereocenters. The third-order valence-corrected chi connectivity index (χ3v) is 3.29. The van der Waals surface area contributed by atoms with Crippen molar-refractivity contribution in [2.24, 2.45) is 9.98 Å². The Morgan fingerprint density at radius 1 is 1.05 bits per heavy atom. The van der Waals surface area contributed by atoms with Crippen molar-refractivity contribution in [1.82, 2.24) is 0 Å². The zero-order valence-corrected chi connectivity index (χ0v) is 11.6. The number of hydrogen-bond donors (Lipinski definition) is 2. The van der Waals surface area contributed by atoms with Crippen molar-refractivity contribution in [3.8, 4) is 5.75 Å². The van der Waals surface area contributed by atoms with Crippen LogP contribution in [-0.4, -0.2) is 29.7 Å². The maximum Gasteiger partial charge on any atom is 0.187 e. The number of phenols is 1. The normalized spacial score (nSPS) is 13.7. The molecule has 0 unspecified atom stereocenters. The fourth-order valence-corrected chi connectivity index (χ4v) is 2.20. The minimum atomic E-state index is -1.01. The molecule has 0 spiro atoms. The van der Waals surface area contributed by atoms with E-state index in [0.29, 0.717) is 6.67 Å². The van der Waals surface area contributed by atoms with Crippen molar-refractivity contribution in [3.05, 3.63) is 59.7 Å². The van der Waals surface area contributed by atoms with E-state index in [1.165, 1.54) is 0 Å². The van der Waals surface area contributed by atoms with Crippen molar-refractivity contribution in [1.29, 1.82) is 0 Å². The molecule has 2 aromatic carbocycles. The highest BCUT2D eigenvalue weighted by Gasteiger charge is 2.16. The first kappa shape index (κ1) is 14.2. The van der Waals surface area contributed by atoms with Gasteiger partial charge in [0.25, 0.3) is 0 Å². The first-order valence-electron chi connectivity index (χ1n) is 6.70. The number of benzene rings is 2. The van der Waals surface area contributed by atoms with Gasteiger partial charge in [0.15, 0.2) is 17.4 Å². The number of halogens is 2. The Balaban J connectivity index is 1.73. The fourth-order valence-electron chi connectivity index (χ4n) is 2.20. The van der Waals surface area contributed by atoms with Gasteiger partial charge < -0.3 is 10.4 Å². The molecule has 0 amide bonds. The van der Waals surface area contributed by atoms with Gasteiger partial charge in [-0.3, -0.25) is 9.98 Å². The van der Waals surface area contributed by atoms with Crippen LogP contribution in [0.2, 0.25) is 0 Å². The van der Waals surface area contributed by atoms with Crippen molar-refractivity contribution >= 4 is 17.1 Å². The molecule has 0 saturated heterocycles. The largest absolute Gasteiger partial charge is 0.503 e. The second-order valence-corrected chi connectivity index (χ2v) is 4.76. The predicted octanol–water partition coefficient (Wildman–Crippen LogP) is 2.98. The van der Waals surface area contributed by atoms with Crippen LogP contribution in [0.25, 0.3) is 0 Å². The summed E-state index contributed by atoms with van der Waals surface area (Å²) in [5, 5.41) is 12.0. The smallest absolute Gasteiger partial charge is 0.187 e. The van der Waals surface area contributed by atoms with Gasteiger partial charge in [-0.2, -0.15) is 0 Å². The fraction of sp³-hybridized carbons (Fsp3) is 0.125. The summed E-state index contributed by atoms with van der Waals surface area (Å²) in [6.07, 6.45) is 0. The summed E-state index contributed by atoms with van der Waals surface area (Å²) in [6, 6.07) is 11.7. The average molecular weight is 301 g/mol. The van der Waals surface area contributed by atoms with Gasteiger partial charge in [-0.1, -0.05) is 30.3 Å². The van der Waals surface area contributed by atoms with Crippen LogP contribution in [0.5, 0.6) is 5.75 Å². The summed E-state index contributed by atoms with van der Waals surface area (Å²) in [4.78, 5) is 8.62. The Hall–Kier alpha value is -2.76. The molecular formula is C16H13F2N3O. The number of hydrogen-bond acceptors (Lipinski definition) is 4. The van der Waals surface area contributed by atoms with Gasteiger partial charge in [0.2, 0.25) is 0 Å². The number of anilines is 1. The van der Waals surface area contributed by atoms with E-state index in [0.717, 1.165) is 29.1 Å². The molecule has 0 radical (unpaired) electrons. The van der Waals surface area contributed by atoms with Crippen LogP contribution < -0.4 is 5.32 Å². The number of nitrogens with zero attached hydrogens (tertiary/aromatic N) is 2. The number of aromatic hydroxyl groups is 1. The van der Waals surface area contributed by atoms with E-state index >= 15 is 0 Å². The lowest BCUT2D eigenvalue weighted by Crippen LogP contribution is -2.22. The highest BCUT2D eigenvalue weighted by molar-refractivity contribution is 6.50. The van der Waals surface area contributed by atoms with Crippen molar-refractivity contribution in [2.75, 3.05) is 18.5 Å². The molecule has 0 aromatic heterocycles. The molecule has 0 bridgehead atoms. The number of rotatable bonds is 4. The minimum absolute atomic E-state index is 0.231. The Labute approximate surface area is 125 Å². The lowest BCUT2D eigenvalue weighted by Gasteiger charge is -2.09. The monoisotopic (exact) mass is 301 g/mol. The molecule has 1 aliphatic heterocycles. The summed E-state index contributed by atoms with van der Waals surface area (Å²) in [5.74, 6) is -2.99. The number of phenolic OH excluding ortho intramolecular Hbond substituents is 1. The molecule has 0 fully saturated rings. The quantitative estimate of drug-likeness (QED) is 0.853. The second-order valence-electron chi connectivity index (χ2n) is 4.76. The highest BCUT2D eigenvalue weighted by atomic mass is 19.1. The number of nitrogens with one attached hydrogen (secondary N) is 1. The Morgan fingerprint density at radius 2 is 1.73 bits per heavy atom. The molecule has 0 aliphatic carbocycles. The van der Waals surface area contributed by atoms with Gasteiger partial charge in [-0.15, -0.1) is 0 Å². The molecule has 2 N–H and O–H groups in total. The lowest BCUT2D eigenvalue weighted by atomic mass is 10.1. The third kappa shape index (κ3) is 2.81. The zero-order valence-electron chi connectivity index (χ0n) is 11.6. The SMILES string of the molecule is Oc1c(F)cc(NCC2=NCN=C2c2ccccc2)cc1F. The standard InChI is InChI=1S/C16H13F2N3O/c17-12-6-11(7-13(18)16(12)22)19-8-14-15(21-9-20-14)10-4-2-1-3-5-10/h1-7,19,22H,8-9H2. The Bertz CT molecular complexity index is 734. The molecule has 2 aromatic rings. The molecule has 1 aliphatic rings. The van der Waals surface area contributed by atoms with Crippen LogP contribution in [0.15, 0.2) is 52.4 Å². The van der Waals surface area contributed by atoms with Crippen LogP contribution in [-0.2, 0) is 0 Å². The minimum Gasteiger partial charge on any atom is -0.503 e. The summed E-state index contributed by atoms with van der Waals surface area (Å²) in [7, 11) is 0. The maximum absolute atomic E-state index is 13.3. The molecule has 3 rings (SSSR count). The van der Waals surface area contributed by atoms with Crippen LogP contribution in [0, 0.1) is 11.6 Å². The molecule has 0 saturated carbocycles. The van der Waals surface area contributed by atoms with Gasteiger partial charge in [0.1, 0.15) is 6.67 Å². The second kappa shape index (κ2) is 5.93. The van der Waals surface area contributed by atoms with Crippen molar-refractivity contribution in [3.63, 3.8) is 0 Å². The van der Waals surface area contributed by atoms with Crippen LogP contribution in [0.4, 0.5) is 14.5 Å². The lowest BCUT2D eigenvalue weighted by molar-refractivity contribution is 0.396. The molecule has 22 heavy (non-hydrogen) atoms. The van der Waals surface area contributed by atoms with Gasteiger partial charge in [0, 0.05) is 23.4 Å².